The van der Waals surface area contributed by atoms with E-state index >= 15 is 0 Å². The smallest absolute Gasteiger partial charge is 0.338 e. The largest absolute Gasteiger partial charge is 0.454 e. The predicted molar refractivity (Wildman–Crippen MR) is 124 cm³/mol. The second-order valence-corrected chi connectivity index (χ2v) is 8.66. The number of aliphatic hydroxyl groups is 2. The van der Waals surface area contributed by atoms with E-state index in [1.807, 2.05) is 6.07 Å². The summed E-state index contributed by atoms with van der Waals surface area (Å²) in [7, 11) is 1.33. The number of anilines is 1. The van der Waals surface area contributed by atoms with Crippen LogP contribution in [0.1, 0.15) is 29.9 Å². The molecule has 0 unspecified atom stereocenters. The van der Waals surface area contributed by atoms with Gasteiger partial charge in [0.15, 0.2) is 17.5 Å². The molecule has 1 aliphatic heterocycles. The van der Waals surface area contributed by atoms with Gasteiger partial charge in [-0.05, 0) is 38.1 Å². The van der Waals surface area contributed by atoms with E-state index in [2.05, 4.69) is 15.4 Å². The fourth-order valence-electron chi connectivity index (χ4n) is 3.88. The van der Waals surface area contributed by atoms with E-state index < -0.39 is 48.0 Å². The number of nitrogens with zero attached hydrogens (tertiary/aromatic N) is 4. The number of carbonyl (C=O) groups excluding carboxylic acids is 2. The van der Waals surface area contributed by atoms with E-state index in [9.17, 15) is 25.1 Å². The number of nitrogens with one attached hydrogen (secondary N) is 1. The van der Waals surface area contributed by atoms with Crippen LogP contribution in [-0.2, 0) is 24.6 Å². The minimum atomic E-state index is -2.06. The highest BCUT2D eigenvalue weighted by molar-refractivity contribution is 6.05. The second kappa shape index (κ2) is 9.63. The third-order valence-corrected chi connectivity index (χ3v) is 6.12. The molecule has 3 aromatic rings. The molecule has 4 atom stereocenters. The monoisotopic (exact) mass is 495 g/mol. The molecular formula is C24H25N5O7. The quantitative estimate of drug-likeness (QED) is 0.398. The molecule has 2 aromatic heterocycles. The van der Waals surface area contributed by atoms with Crippen LogP contribution < -0.4 is 5.32 Å². The van der Waals surface area contributed by atoms with Crippen LogP contribution in [0.15, 0.2) is 48.8 Å². The van der Waals surface area contributed by atoms with Crippen molar-refractivity contribution >= 4 is 23.2 Å². The molecule has 1 aliphatic rings. The molecule has 12 heteroatoms. The molecule has 3 heterocycles. The van der Waals surface area contributed by atoms with Crippen molar-refractivity contribution in [2.75, 3.05) is 19.0 Å². The van der Waals surface area contributed by atoms with Gasteiger partial charge < -0.3 is 29.7 Å². The lowest BCUT2D eigenvalue weighted by atomic mass is 9.92. The molecule has 0 saturated carbocycles. The topological polar surface area (TPSA) is 168 Å². The van der Waals surface area contributed by atoms with E-state index in [1.165, 1.54) is 37.9 Å². The van der Waals surface area contributed by atoms with Crippen molar-refractivity contribution in [2.45, 2.75) is 43.4 Å². The first kappa shape index (κ1) is 25.2. The van der Waals surface area contributed by atoms with Crippen molar-refractivity contribution < 1.29 is 34.0 Å². The van der Waals surface area contributed by atoms with Gasteiger partial charge in [-0.1, -0.05) is 18.2 Å². The molecule has 0 bridgehead atoms. The Bertz CT molecular complexity index is 1320. The molecule has 36 heavy (non-hydrogen) atoms. The number of ether oxygens (including phenoxy) is 3. The van der Waals surface area contributed by atoms with Gasteiger partial charge in [0.1, 0.15) is 30.1 Å². The zero-order valence-electron chi connectivity index (χ0n) is 19.8. The van der Waals surface area contributed by atoms with E-state index in [1.54, 1.807) is 36.4 Å². The Labute approximate surface area is 206 Å². The lowest BCUT2D eigenvalue weighted by Crippen LogP contribution is -2.46. The molecule has 1 aromatic carbocycles. The maximum atomic E-state index is 12.6. The van der Waals surface area contributed by atoms with Crippen LogP contribution in [0, 0.1) is 11.3 Å². The standard InChI is InChI=1S/C24H25N5O7/c1-23(2,34-3)22(33)35-18-16(11-30)36-24(12-25,19(18)31)17-10-9-15-20(26-13-27-29(15)17)28-21(32)14-7-5-4-6-8-14/h4-10,13,16,18-19,30-31H,11H2,1-3H3,(H,26,27,28,32)/t16-,18-,19-,24+/m1/s1. The number of fused-ring (bicyclic) bond motifs is 1. The molecule has 0 aliphatic carbocycles. The summed E-state index contributed by atoms with van der Waals surface area (Å²) < 4.78 is 17.6. The summed E-state index contributed by atoms with van der Waals surface area (Å²) >= 11 is 0. The summed E-state index contributed by atoms with van der Waals surface area (Å²) in [6.07, 6.45) is -3.10. The molecule has 1 amide bonds. The van der Waals surface area contributed by atoms with Crippen LogP contribution in [0.5, 0.6) is 0 Å². The fourth-order valence-corrected chi connectivity index (χ4v) is 3.88. The SMILES string of the molecule is COC(C)(C)C(=O)O[C@H]1[C@@H](O)[C@](C#N)(c2ccc3c(NC(=O)c4ccccc4)ncnn23)O[C@@H]1CO. The maximum Gasteiger partial charge on any atom is 0.338 e. The van der Waals surface area contributed by atoms with Gasteiger partial charge >= 0.3 is 5.97 Å². The van der Waals surface area contributed by atoms with E-state index in [-0.39, 0.29) is 11.5 Å². The van der Waals surface area contributed by atoms with Crippen molar-refractivity contribution in [2.24, 2.45) is 0 Å². The Morgan fingerprint density at radius 1 is 1.28 bits per heavy atom. The Hall–Kier alpha value is -3.89. The summed E-state index contributed by atoms with van der Waals surface area (Å²) in [6.45, 7) is 2.32. The first-order chi connectivity index (χ1) is 17.2. The maximum absolute atomic E-state index is 12.6. The highest BCUT2D eigenvalue weighted by atomic mass is 16.6. The van der Waals surface area contributed by atoms with Gasteiger partial charge in [0.25, 0.3) is 5.91 Å². The molecular weight excluding hydrogens is 470 g/mol. The van der Waals surface area contributed by atoms with Gasteiger partial charge in [-0.15, -0.1) is 0 Å². The minimum Gasteiger partial charge on any atom is -0.454 e. The van der Waals surface area contributed by atoms with E-state index in [0.717, 1.165) is 0 Å². The molecule has 0 radical (unpaired) electrons. The number of hydrogen-bond acceptors (Lipinski definition) is 10. The van der Waals surface area contributed by atoms with Crippen molar-refractivity contribution in [1.82, 2.24) is 14.6 Å². The first-order valence-electron chi connectivity index (χ1n) is 11.0. The molecule has 4 rings (SSSR count). The lowest BCUT2D eigenvalue weighted by Gasteiger charge is -2.27. The third-order valence-electron chi connectivity index (χ3n) is 6.12. The Morgan fingerprint density at radius 2 is 2.00 bits per heavy atom. The average molecular weight is 495 g/mol. The normalized spacial score (nSPS) is 23.8. The van der Waals surface area contributed by atoms with Crippen molar-refractivity contribution in [3.8, 4) is 6.07 Å². The summed E-state index contributed by atoms with van der Waals surface area (Å²) in [5, 5.41) is 38.1. The number of methoxy groups -OCH3 is 1. The van der Waals surface area contributed by atoms with E-state index in [0.29, 0.717) is 11.1 Å². The van der Waals surface area contributed by atoms with Crippen LogP contribution in [0.4, 0.5) is 5.82 Å². The van der Waals surface area contributed by atoms with Gasteiger partial charge in [0.2, 0.25) is 5.60 Å². The highest BCUT2D eigenvalue weighted by Gasteiger charge is 2.60. The number of aromatic nitrogens is 3. The highest BCUT2D eigenvalue weighted by Crippen LogP contribution is 2.42. The van der Waals surface area contributed by atoms with Crippen LogP contribution in [0.2, 0.25) is 0 Å². The Balaban J connectivity index is 1.70. The predicted octanol–water partition coefficient (Wildman–Crippen LogP) is 0.789. The van der Waals surface area contributed by atoms with Crippen molar-refractivity contribution in [1.29, 1.82) is 5.26 Å². The van der Waals surface area contributed by atoms with Gasteiger partial charge in [-0.3, -0.25) is 4.79 Å². The van der Waals surface area contributed by atoms with Crippen LogP contribution >= 0.6 is 0 Å². The molecule has 188 valence electrons. The lowest BCUT2D eigenvalue weighted by molar-refractivity contribution is -0.177. The summed E-state index contributed by atoms with van der Waals surface area (Å²) in [5.74, 6) is -1.05. The van der Waals surface area contributed by atoms with Crippen molar-refractivity contribution in [3.05, 3.63) is 60.0 Å². The van der Waals surface area contributed by atoms with E-state index in [4.69, 9.17) is 14.2 Å². The van der Waals surface area contributed by atoms with Crippen LogP contribution in [0.25, 0.3) is 5.52 Å². The zero-order chi connectivity index (χ0) is 26.1. The number of nitriles is 1. The Kier molecular flexibility index (Phi) is 6.75. The van der Waals surface area contributed by atoms with Gasteiger partial charge in [-0.2, -0.15) is 10.4 Å². The van der Waals surface area contributed by atoms with Crippen LogP contribution in [0.3, 0.4) is 0 Å². The Morgan fingerprint density at radius 3 is 2.64 bits per heavy atom. The number of amides is 1. The number of benzene rings is 1. The zero-order valence-corrected chi connectivity index (χ0v) is 19.8. The number of carbonyl (C=O) groups is 2. The molecule has 0 spiro atoms. The van der Waals surface area contributed by atoms with Crippen LogP contribution in [-0.4, -0.2) is 74.3 Å². The molecule has 12 nitrogen and oxygen atoms in total. The average Bonchev–Trinajstić information content (AvgIpc) is 3.45. The molecule has 3 N–H and O–H groups in total. The number of aliphatic hydroxyl groups excluding tert-OH is 2. The number of hydrogen-bond donors (Lipinski definition) is 3. The van der Waals surface area contributed by atoms with Crippen molar-refractivity contribution in [3.63, 3.8) is 0 Å². The second-order valence-electron chi connectivity index (χ2n) is 8.66. The fraction of sp³-hybridized carbons (Fsp3) is 0.375. The summed E-state index contributed by atoms with van der Waals surface area (Å²) in [5.41, 5.74) is -2.56. The summed E-state index contributed by atoms with van der Waals surface area (Å²) in [4.78, 5) is 29.3. The van der Waals surface area contributed by atoms with Gasteiger partial charge in [0.05, 0.1) is 12.3 Å². The number of rotatable bonds is 7. The molecule has 1 saturated heterocycles. The summed E-state index contributed by atoms with van der Waals surface area (Å²) in [6, 6.07) is 13.5. The van der Waals surface area contributed by atoms with Gasteiger partial charge in [-0.25, -0.2) is 14.3 Å². The number of esters is 1. The first-order valence-corrected chi connectivity index (χ1v) is 11.0. The molecule has 1 fully saturated rings. The van der Waals surface area contributed by atoms with Gasteiger partial charge in [0, 0.05) is 12.7 Å². The minimum absolute atomic E-state index is 0.0908. The third kappa shape index (κ3) is 4.18.